The fourth-order valence-electron chi connectivity index (χ4n) is 2.75. The summed E-state index contributed by atoms with van der Waals surface area (Å²) in [7, 11) is 1.52. The number of ether oxygens (including phenoxy) is 3. The molecule has 0 aromatic heterocycles. The van der Waals surface area contributed by atoms with Gasteiger partial charge in [-0.1, -0.05) is 19.4 Å². The lowest BCUT2D eigenvalue weighted by Gasteiger charge is -2.35. The second-order valence-electron chi connectivity index (χ2n) is 7.39. The number of hydrogen-bond acceptors (Lipinski definition) is 6. The summed E-state index contributed by atoms with van der Waals surface area (Å²) in [4.78, 5) is 26.2. The number of carbonyl (C=O) groups excluding carboxylic acids is 2. The van der Waals surface area contributed by atoms with Crippen LogP contribution in [0.5, 0.6) is 11.5 Å². The quantitative estimate of drug-likeness (QED) is 0.510. The lowest BCUT2D eigenvalue weighted by Crippen LogP contribution is -2.37. The van der Waals surface area contributed by atoms with Gasteiger partial charge in [-0.25, -0.2) is 4.79 Å². The molecule has 1 unspecified atom stereocenters. The minimum atomic E-state index is -0.777. The van der Waals surface area contributed by atoms with Gasteiger partial charge >= 0.3 is 6.16 Å². The monoisotopic (exact) mass is 395 g/mol. The van der Waals surface area contributed by atoms with Crippen molar-refractivity contribution >= 4 is 23.8 Å². The van der Waals surface area contributed by atoms with Crippen LogP contribution in [0.4, 0.5) is 4.79 Å². The number of methoxy groups -OCH3 is 1. The molecule has 7 heteroatoms. The summed E-state index contributed by atoms with van der Waals surface area (Å²) in [5.74, 6) is 1.71. The van der Waals surface area contributed by atoms with E-state index >= 15 is 0 Å². The number of thioether (sulfide) groups is 1. The Bertz CT molecular complexity index is 671. The highest BCUT2D eigenvalue weighted by atomic mass is 32.2. The van der Waals surface area contributed by atoms with Crippen LogP contribution < -0.4 is 9.47 Å². The Morgan fingerprint density at radius 1 is 1.30 bits per heavy atom. The first-order chi connectivity index (χ1) is 12.7. The molecule has 1 amide bonds. The molecule has 1 heterocycles. The number of rotatable bonds is 6. The van der Waals surface area contributed by atoms with E-state index in [9.17, 15) is 9.59 Å². The Balaban J connectivity index is 2.20. The van der Waals surface area contributed by atoms with Gasteiger partial charge in [0.15, 0.2) is 11.5 Å². The largest absolute Gasteiger partial charge is 0.514 e. The number of unbranched alkanes of at least 4 members (excludes halogenated alkanes) is 1. The minimum absolute atomic E-state index is 0.0534. The molecule has 1 atom stereocenters. The van der Waals surface area contributed by atoms with E-state index in [0.717, 1.165) is 30.7 Å². The van der Waals surface area contributed by atoms with Gasteiger partial charge in [0.2, 0.25) is 5.91 Å². The lowest BCUT2D eigenvalue weighted by molar-refractivity contribution is -0.132. The molecule has 1 aliphatic heterocycles. The van der Waals surface area contributed by atoms with Crippen molar-refractivity contribution in [2.24, 2.45) is 0 Å². The first kappa shape index (κ1) is 21.4. The molecule has 2 rings (SSSR count). The van der Waals surface area contributed by atoms with Gasteiger partial charge in [0, 0.05) is 18.7 Å². The Morgan fingerprint density at radius 2 is 2.04 bits per heavy atom. The number of amides is 1. The predicted octanol–water partition coefficient (Wildman–Crippen LogP) is 4.77. The Morgan fingerprint density at radius 3 is 2.67 bits per heavy atom. The summed E-state index contributed by atoms with van der Waals surface area (Å²) in [6.07, 6.45) is 1.80. The normalized spacial score (nSPS) is 17.6. The molecule has 1 saturated heterocycles. The van der Waals surface area contributed by atoms with E-state index in [1.54, 1.807) is 38.6 Å². The molecule has 27 heavy (non-hydrogen) atoms. The smallest absolute Gasteiger partial charge is 0.493 e. The molecule has 0 spiro atoms. The number of hydrogen-bond donors (Lipinski definition) is 0. The zero-order valence-corrected chi connectivity index (χ0v) is 17.6. The zero-order chi connectivity index (χ0) is 20.0. The third-order valence-electron chi connectivity index (χ3n) is 4.00. The number of carbonyl (C=O) groups is 2. The van der Waals surface area contributed by atoms with E-state index in [2.05, 4.69) is 6.92 Å². The van der Waals surface area contributed by atoms with E-state index in [0.29, 0.717) is 17.9 Å². The van der Waals surface area contributed by atoms with Crippen LogP contribution in [0.25, 0.3) is 0 Å². The van der Waals surface area contributed by atoms with E-state index in [1.807, 2.05) is 17.0 Å². The molecule has 0 bridgehead atoms. The first-order valence-corrected chi connectivity index (χ1v) is 10.3. The highest BCUT2D eigenvalue weighted by Gasteiger charge is 2.30. The maximum absolute atomic E-state index is 12.4. The van der Waals surface area contributed by atoms with Gasteiger partial charge in [0.25, 0.3) is 0 Å². The summed E-state index contributed by atoms with van der Waals surface area (Å²) >= 11 is 1.74. The molecular formula is C20H29NO5S. The molecule has 150 valence electrons. The van der Waals surface area contributed by atoms with Gasteiger partial charge in [-0.15, -0.1) is 11.8 Å². The van der Waals surface area contributed by atoms with Crippen LogP contribution in [0.2, 0.25) is 0 Å². The number of benzene rings is 1. The van der Waals surface area contributed by atoms with Crippen LogP contribution in [0.15, 0.2) is 18.2 Å². The second kappa shape index (κ2) is 9.35. The predicted molar refractivity (Wildman–Crippen MR) is 106 cm³/mol. The maximum Gasteiger partial charge on any atom is 0.514 e. The first-order valence-electron chi connectivity index (χ1n) is 9.25. The lowest BCUT2D eigenvalue weighted by atomic mass is 10.1. The highest BCUT2D eigenvalue weighted by molar-refractivity contribution is 7.99. The third kappa shape index (κ3) is 6.06. The molecular weight excluding hydrogens is 366 g/mol. The summed E-state index contributed by atoms with van der Waals surface area (Å²) in [5, 5.41) is -0.0534. The van der Waals surface area contributed by atoms with Crippen LogP contribution >= 0.6 is 11.8 Å². The van der Waals surface area contributed by atoms with Crippen LogP contribution in [0.1, 0.15) is 57.9 Å². The van der Waals surface area contributed by atoms with Gasteiger partial charge in [0.05, 0.1) is 7.11 Å². The van der Waals surface area contributed by atoms with Crippen molar-refractivity contribution in [3.05, 3.63) is 23.8 Å². The van der Waals surface area contributed by atoms with E-state index in [4.69, 9.17) is 14.2 Å². The summed E-state index contributed by atoms with van der Waals surface area (Å²) in [6, 6.07) is 5.39. The van der Waals surface area contributed by atoms with Gasteiger partial charge in [-0.2, -0.15) is 0 Å². The van der Waals surface area contributed by atoms with Crippen molar-refractivity contribution in [1.82, 2.24) is 4.90 Å². The van der Waals surface area contributed by atoms with Crippen molar-refractivity contribution in [3.8, 4) is 11.5 Å². The average Bonchev–Trinajstić information content (AvgIpc) is 2.59. The fourth-order valence-corrected chi connectivity index (χ4v) is 4.01. The third-order valence-corrected chi connectivity index (χ3v) is 5.29. The van der Waals surface area contributed by atoms with Gasteiger partial charge in [-0.3, -0.25) is 4.79 Å². The van der Waals surface area contributed by atoms with Crippen LogP contribution in [0.3, 0.4) is 0 Å². The molecule has 0 aliphatic carbocycles. The van der Waals surface area contributed by atoms with E-state index < -0.39 is 11.8 Å². The average molecular weight is 396 g/mol. The van der Waals surface area contributed by atoms with Crippen LogP contribution in [-0.2, 0) is 9.53 Å². The highest BCUT2D eigenvalue weighted by Crippen LogP contribution is 2.40. The van der Waals surface area contributed by atoms with Crippen molar-refractivity contribution in [1.29, 1.82) is 0 Å². The Hall–Kier alpha value is -1.89. The maximum atomic E-state index is 12.4. The molecule has 0 radical (unpaired) electrons. The fraction of sp³-hybridized carbons (Fsp3) is 0.600. The number of nitrogens with zero attached hydrogens (tertiary/aromatic N) is 1. The minimum Gasteiger partial charge on any atom is -0.493 e. The Labute approximate surface area is 165 Å². The molecule has 0 saturated carbocycles. The molecule has 0 N–H and O–H groups in total. The summed E-state index contributed by atoms with van der Waals surface area (Å²) in [6.45, 7) is 8.18. The zero-order valence-electron chi connectivity index (χ0n) is 16.7. The standard InChI is InChI=1S/C20H29NO5S/c1-6-7-11-21-17(22)10-12-27-18(21)14-8-9-15(16(13-14)24-5)25-19(23)26-20(2,3)4/h8-9,13,18H,6-7,10-12H2,1-5H3. The summed E-state index contributed by atoms with van der Waals surface area (Å²) < 4.78 is 15.9. The molecule has 1 aliphatic rings. The van der Waals surface area contributed by atoms with Crippen molar-refractivity contribution in [3.63, 3.8) is 0 Å². The van der Waals surface area contributed by atoms with E-state index in [1.165, 1.54) is 7.11 Å². The van der Waals surface area contributed by atoms with Crippen molar-refractivity contribution in [2.45, 2.75) is 57.9 Å². The topological polar surface area (TPSA) is 65.1 Å². The van der Waals surface area contributed by atoms with Gasteiger partial charge < -0.3 is 19.1 Å². The molecule has 1 aromatic rings. The molecule has 6 nitrogen and oxygen atoms in total. The van der Waals surface area contributed by atoms with E-state index in [-0.39, 0.29) is 11.3 Å². The molecule has 1 fully saturated rings. The SMILES string of the molecule is CCCCN1C(=O)CCSC1c1ccc(OC(=O)OC(C)(C)C)c(OC)c1. The Kier molecular flexibility index (Phi) is 7.41. The van der Waals surface area contributed by atoms with Crippen LogP contribution in [-0.4, -0.2) is 42.0 Å². The van der Waals surface area contributed by atoms with Gasteiger partial charge in [-0.05, 0) is 44.9 Å². The molecule has 1 aromatic carbocycles. The van der Waals surface area contributed by atoms with Crippen molar-refractivity contribution < 1.29 is 23.8 Å². The summed E-state index contributed by atoms with van der Waals surface area (Å²) in [5.41, 5.74) is 0.320. The second-order valence-corrected chi connectivity index (χ2v) is 8.58. The van der Waals surface area contributed by atoms with Crippen molar-refractivity contribution in [2.75, 3.05) is 19.4 Å². The van der Waals surface area contributed by atoms with Crippen LogP contribution in [0, 0.1) is 0 Å². The van der Waals surface area contributed by atoms with Gasteiger partial charge in [0.1, 0.15) is 11.0 Å².